The zero-order valence-electron chi connectivity index (χ0n) is 26.4. The number of nitrogens with zero attached hydrogens (tertiary/aromatic N) is 2. The highest BCUT2D eigenvalue weighted by molar-refractivity contribution is 5.97. The first-order valence-electron chi connectivity index (χ1n) is 17.8. The van der Waals surface area contributed by atoms with Gasteiger partial charge in [0.05, 0.1) is 5.56 Å². The van der Waals surface area contributed by atoms with Crippen LogP contribution in [-0.4, -0.2) is 74.3 Å². The fourth-order valence-electron chi connectivity index (χ4n) is 9.13. The van der Waals surface area contributed by atoms with Gasteiger partial charge >= 0.3 is 11.9 Å². The molecule has 0 aliphatic heterocycles. The zero-order chi connectivity index (χ0) is 30.2. The van der Waals surface area contributed by atoms with Gasteiger partial charge in [0, 0.05) is 42.8 Å². The maximum atomic E-state index is 12.9. The van der Waals surface area contributed by atoms with Crippen LogP contribution in [0, 0.1) is 0 Å². The van der Waals surface area contributed by atoms with Gasteiger partial charge in [-0.2, -0.15) is 0 Å². The van der Waals surface area contributed by atoms with Crippen LogP contribution < -0.4 is 0 Å². The van der Waals surface area contributed by atoms with Crippen molar-refractivity contribution >= 4 is 11.9 Å². The quantitative estimate of drug-likeness (QED) is 0.226. The SMILES string of the molecule is O=C(O)c1cc(CCN(C2CCCCC2)C2CCCCC2)c(C(=O)O)c(CCN(C2CCCCC2)C2CCCCC2)c1O. The van der Waals surface area contributed by atoms with E-state index in [1.54, 1.807) is 0 Å². The van der Waals surface area contributed by atoms with Gasteiger partial charge in [-0.05, 0) is 75.8 Å². The average Bonchev–Trinajstić information content (AvgIpc) is 3.04. The maximum Gasteiger partial charge on any atom is 0.339 e. The van der Waals surface area contributed by atoms with Gasteiger partial charge < -0.3 is 15.3 Å². The minimum atomic E-state index is -1.19. The van der Waals surface area contributed by atoms with Crippen molar-refractivity contribution in [3.05, 3.63) is 28.3 Å². The van der Waals surface area contributed by atoms with Gasteiger partial charge in [0.2, 0.25) is 0 Å². The third-order valence-corrected chi connectivity index (χ3v) is 11.4. The molecule has 7 heteroatoms. The highest BCUT2D eigenvalue weighted by Gasteiger charge is 2.33. The summed E-state index contributed by atoms with van der Waals surface area (Å²) in [5, 5.41) is 31.9. The predicted octanol–water partition coefficient (Wildman–Crippen LogP) is 7.81. The highest BCUT2D eigenvalue weighted by Crippen LogP contribution is 2.35. The summed E-state index contributed by atoms with van der Waals surface area (Å²) < 4.78 is 0. The third kappa shape index (κ3) is 8.13. The number of carbonyl (C=O) groups is 2. The number of phenols is 1. The summed E-state index contributed by atoms with van der Waals surface area (Å²) in [6, 6.07) is 3.51. The van der Waals surface area contributed by atoms with Crippen LogP contribution in [0.2, 0.25) is 0 Å². The number of carboxylic acid groups (broad SMARTS) is 2. The van der Waals surface area contributed by atoms with Crippen LogP contribution in [0.15, 0.2) is 6.07 Å². The molecule has 4 aliphatic rings. The third-order valence-electron chi connectivity index (χ3n) is 11.4. The first-order chi connectivity index (χ1) is 20.9. The van der Waals surface area contributed by atoms with Crippen molar-refractivity contribution < 1.29 is 24.9 Å². The molecule has 4 fully saturated rings. The van der Waals surface area contributed by atoms with Gasteiger partial charge in [0.15, 0.2) is 0 Å². The molecular formula is C36H56N2O5. The van der Waals surface area contributed by atoms with E-state index in [9.17, 15) is 24.9 Å². The Morgan fingerprint density at radius 2 is 0.953 bits per heavy atom. The number of aromatic hydroxyl groups is 1. The lowest BCUT2D eigenvalue weighted by molar-refractivity contribution is 0.0669. The topological polar surface area (TPSA) is 101 Å². The number of aromatic carboxylic acids is 2. The molecule has 4 aliphatic carbocycles. The summed E-state index contributed by atoms with van der Waals surface area (Å²) >= 11 is 0. The van der Waals surface area contributed by atoms with Crippen molar-refractivity contribution in [3.63, 3.8) is 0 Å². The fourth-order valence-corrected chi connectivity index (χ4v) is 9.13. The van der Waals surface area contributed by atoms with Crippen LogP contribution in [0.1, 0.15) is 160 Å². The van der Waals surface area contributed by atoms with Crippen LogP contribution in [0.4, 0.5) is 0 Å². The molecule has 0 spiro atoms. The Kier molecular flexibility index (Phi) is 11.8. The number of hydrogen-bond donors (Lipinski definition) is 3. The van der Waals surface area contributed by atoms with E-state index in [0.29, 0.717) is 54.7 Å². The number of hydrogen-bond acceptors (Lipinski definition) is 5. The Morgan fingerprint density at radius 3 is 1.30 bits per heavy atom. The summed E-state index contributed by atoms with van der Waals surface area (Å²) in [5.74, 6) is -2.59. The molecule has 1 aromatic rings. The Balaban J connectivity index is 1.42. The van der Waals surface area contributed by atoms with Crippen LogP contribution in [0.5, 0.6) is 5.75 Å². The first-order valence-corrected chi connectivity index (χ1v) is 17.8. The fraction of sp³-hybridized carbons (Fsp3) is 0.778. The molecule has 5 rings (SSSR count). The lowest BCUT2D eigenvalue weighted by atomic mass is 9.87. The molecule has 1 aromatic carbocycles. The lowest BCUT2D eigenvalue weighted by Gasteiger charge is -2.42. The summed E-state index contributed by atoms with van der Waals surface area (Å²) in [4.78, 5) is 30.5. The Hall–Kier alpha value is -2.12. The van der Waals surface area contributed by atoms with E-state index in [4.69, 9.17) is 0 Å². The van der Waals surface area contributed by atoms with E-state index in [-0.39, 0.29) is 16.9 Å². The van der Waals surface area contributed by atoms with Crippen LogP contribution in [0.25, 0.3) is 0 Å². The van der Waals surface area contributed by atoms with E-state index in [1.807, 2.05) is 0 Å². The summed E-state index contributed by atoms with van der Waals surface area (Å²) in [5.41, 5.74) is 0.873. The molecule has 0 radical (unpaired) electrons. The van der Waals surface area contributed by atoms with Crippen molar-refractivity contribution in [2.24, 2.45) is 0 Å². The number of benzene rings is 1. The van der Waals surface area contributed by atoms with Gasteiger partial charge in [-0.1, -0.05) is 77.0 Å². The normalized spacial score (nSPS) is 21.9. The van der Waals surface area contributed by atoms with E-state index >= 15 is 0 Å². The van der Waals surface area contributed by atoms with Gasteiger partial charge in [-0.3, -0.25) is 9.80 Å². The standard InChI is InChI=1S/C36H56N2O5/c39-34-31(22-24-38(29-17-9-3-10-18-29)30-19-11-4-12-20-30)33(36(42)43)26(25-32(34)35(40)41)21-23-37(27-13-5-1-6-14-27)28-15-7-2-8-16-28/h25,27-30,39H,1-24H2,(H,40,41)(H,42,43). The Morgan fingerprint density at radius 1 is 0.581 bits per heavy atom. The lowest BCUT2D eigenvalue weighted by Crippen LogP contribution is -2.46. The second-order valence-electron chi connectivity index (χ2n) is 14.0. The average molecular weight is 597 g/mol. The van der Waals surface area contributed by atoms with Gasteiger partial charge in [-0.15, -0.1) is 0 Å². The molecule has 3 N–H and O–H groups in total. The Labute approximate surface area is 259 Å². The molecule has 43 heavy (non-hydrogen) atoms. The molecular weight excluding hydrogens is 540 g/mol. The predicted molar refractivity (Wildman–Crippen MR) is 170 cm³/mol. The molecule has 7 nitrogen and oxygen atoms in total. The zero-order valence-corrected chi connectivity index (χ0v) is 26.4. The van der Waals surface area contributed by atoms with E-state index < -0.39 is 11.9 Å². The van der Waals surface area contributed by atoms with E-state index in [0.717, 1.165) is 6.54 Å². The minimum absolute atomic E-state index is 0.141. The van der Waals surface area contributed by atoms with Gasteiger partial charge in [0.1, 0.15) is 11.3 Å². The second-order valence-corrected chi connectivity index (χ2v) is 14.0. The van der Waals surface area contributed by atoms with Crippen LogP contribution >= 0.6 is 0 Å². The molecule has 0 saturated heterocycles. The summed E-state index contributed by atoms with van der Waals surface area (Å²) in [7, 11) is 0. The van der Waals surface area contributed by atoms with Crippen molar-refractivity contribution in [2.45, 2.75) is 165 Å². The first kappa shape index (κ1) is 32.3. The largest absolute Gasteiger partial charge is 0.507 e. The molecule has 0 bridgehead atoms. The van der Waals surface area contributed by atoms with Gasteiger partial charge in [-0.25, -0.2) is 9.59 Å². The van der Waals surface area contributed by atoms with Crippen molar-refractivity contribution in [2.75, 3.05) is 13.1 Å². The molecule has 0 atom stereocenters. The van der Waals surface area contributed by atoms with E-state index in [2.05, 4.69) is 9.80 Å². The number of carboxylic acids is 2. The molecule has 0 amide bonds. The molecule has 0 unspecified atom stereocenters. The second kappa shape index (κ2) is 15.7. The Bertz CT molecular complexity index is 1030. The smallest absolute Gasteiger partial charge is 0.339 e. The van der Waals surface area contributed by atoms with E-state index in [1.165, 1.54) is 134 Å². The van der Waals surface area contributed by atoms with Crippen LogP contribution in [0.3, 0.4) is 0 Å². The van der Waals surface area contributed by atoms with Crippen molar-refractivity contribution in [3.8, 4) is 5.75 Å². The molecule has 240 valence electrons. The molecule has 0 aromatic heterocycles. The molecule has 0 heterocycles. The summed E-state index contributed by atoms with van der Waals surface area (Å²) in [6.45, 7) is 1.41. The van der Waals surface area contributed by atoms with Crippen molar-refractivity contribution in [1.82, 2.24) is 9.80 Å². The van der Waals surface area contributed by atoms with Crippen LogP contribution in [-0.2, 0) is 12.8 Å². The van der Waals surface area contributed by atoms with Gasteiger partial charge in [0.25, 0.3) is 0 Å². The highest BCUT2D eigenvalue weighted by atomic mass is 16.4. The van der Waals surface area contributed by atoms with Crippen molar-refractivity contribution in [1.29, 1.82) is 0 Å². The minimum Gasteiger partial charge on any atom is -0.507 e. The summed E-state index contributed by atoms with van der Waals surface area (Å²) in [6.07, 6.45) is 25.4. The monoisotopic (exact) mass is 596 g/mol. The maximum absolute atomic E-state index is 12.9. The molecule has 4 saturated carbocycles. The number of rotatable bonds is 12.